The van der Waals surface area contributed by atoms with Crippen LogP contribution in [0.2, 0.25) is 0 Å². The van der Waals surface area contributed by atoms with E-state index in [0.717, 1.165) is 12.8 Å². The van der Waals surface area contributed by atoms with E-state index in [1.54, 1.807) is 0 Å². The topological polar surface area (TPSA) is 38.3 Å². The molecule has 0 bridgehead atoms. The minimum atomic E-state index is -0.154. The van der Waals surface area contributed by atoms with Crippen LogP contribution in [0.4, 0.5) is 0 Å². The molecule has 0 aromatic carbocycles. The maximum absolute atomic E-state index is 11.2. The van der Waals surface area contributed by atoms with E-state index in [-0.39, 0.29) is 12.0 Å². The Balaban J connectivity index is 2.49. The zero-order valence-corrected chi connectivity index (χ0v) is 8.25. The van der Waals surface area contributed by atoms with Crippen LogP contribution >= 0.6 is 0 Å². The van der Waals surface area contributed by atoms with Gasteiger partial charge in [0, 0.05) is 6.04 Å². The van der Waals surface area contributed by atoms with Gasteiger partial charge in [0.15, 0.2) is 0 Å². The lowest BCUT2D eigenvalue weighted by Crippen LogP contribution is -2.36. The first-order valence-electron chi connectivity index (χ1n) is 4.63. The van der Waals surface area contributed by atoms with Crippen LogP contribution in [0.15, 0.2) is 12.7 Å². The van der Waals surface area contributed by atoms with Crippen LogP contribution in [0.1, 0.15) is 19.8 Å². The molecule has 0 aliphatic carbocycles. The van der Waals surface area contributed by atoms with E-state index in [1.165, 1.54) is 7.11 Å². The van der Waals surface area contributed by atoms with Crippen LogP contribution in [-0.4, -0.2) is 25.2 Å². The van der Waals surface area contributed by atoms with Crippen LogP contribution in [0, 0.1) is 5.92 Å². The first kappa shape index (κ1) is 10.3. The lowest BCUT2D eigenvalue weighted by molar-refractivity contribution is -0.142. The molecule has 1 aliphatic rings. The van der Waals surface area contributed by atoms with Crippen LogP contribution < -0.4 is 5.32 Å². The summed E-state index contributed by atoms with van der Waals surface area (Å²) in [4.78, 5) is 11.2. The Kier molecular flexibility index (Phi) is 3.48. The predicted octanol–water partition coefficient (Wildman–Crippen LogP) is 1.10. The Hall–Kier alpha value is -0.830. The maximum Gasteiger partial charge on any atom is 0.322 e. The van der Waals surface area contributed by atoms with Gasteiger partial charge in [0.2, 0.25) is 0 Å². The number of ether oxygens (including phenoxy) is 1. The number of hydrogen-bond acceptors (Lipinski definition) is 3. The van der Waals surface area contributed by atoms with Gasteiger partial charge >= 0.3 is 5.97 Å². The third kappa shape index (κ3) is 2.31. The molecule has 13 heavy (non-hydrogen) atoms. The first-order valence-corrected chi connectivity index (χ1v) is 4.63. The molecule has 3 atom stereocenters. The van der Waals surface area contributed by atoms with Gasteiger partial charge in [-0.2, -0.15) is 0 Å². The van der Waals surface area contributed by atoms with E-state index < -0.39 is 0 Å². The zero-order chi connectivity index (χ0) is 9.84. The molecule has 1 heterocycles. The quantitative estimate of drug-likeness (QED) is 0.526. The fourth-order valence-corrected chi connectivity index (χ4v) is 1.81. The molecule has 3 heteroatoms. The molecular formula is C10H17NO2. The maximum atomic E-state index is 11.2. The molecule has 0 radical (unpaired) electrons. The number of carbonyl (C=O) groups is 1. The number of carbonyl (C=O) groups excluding carboxylic acids is 1. The third-order valence-electron chi connectivity index (χ3n) is 2.62. The standard InChI is InChI=1S/C10H17NO2/c1-4-5-8-7(2)6-9(11-8)10(12)13-3/h4,7-9,11H,1,5-6H2,2-3H3/t7-,8?,9-/m0/s1. The van der Waals surface area contributed by atoms with Gasteiger partial charge in [-0.05, 0) is 18.8 Å². The molecule has 1 N–H and O–H groups in total. The summed E-state index contributed by atoms with van der Waals surface area (Å²) in [6.45, 7) is 5.84. The van der Waals surface area contributed by atoms with Gasteiger partial charge in [0.05, 0.1) is 7.11 Å². The minimum Gasteiger partial charge on any atom is -0.468 e. The van der Waals surface area contributed by atoms with Gasteiger partial charge in [-0.3, -0.25) is 4.79 Å². The van der Waals surface area contributed by atoms with Gasteiger partial charge in [-0.15, -0.1) is 6.58 Å². The summed E-state index contributed by atoms with van der Waals surface area (Å²) in [7, 11) is 1.43. The monoisotopic (exact) mass is 183 g/mol. The highest BCUT2D eigenvalue weighted by atomic mass is 16.5. The van der Waals surface area contributed by atoms with Crippen molar-refractivity contribution in [2.75, 3.05) is 7.11 Å². The Morgan fingerprint density at radius 1 is 1.77 bits per heavy atom. The van der Waals surface area contributed by atoms with Crippen molar-refractivity contribution in [1.29, 1.82) is 0 Å². The summed E-state index contributed by atoms with van der Waals surface area (Å²) in [5.41, 5.74) is 0. The van der Waals surface area contributed by atoms with Gasteiger partial charge in [0.1, 0.15) is 6.04 Å². The van der Waals surface area contributed by atoms with Crippen molar-refractivity contribution in [2.24, 2.45) is 5.92 Å². The summed E-state index contributed by atoms with van der Waals surface area (Å²) >= 11 is 0. The van der Waals surface area contributed by atoms with Crippen molar-refractivity contribution >= 4 is 5.97 Å². The van der Waals surface area contributed by atoms with Crippen LogP contribution in [-0.2, 0) is 9.53 Å². The van der Waals surface area contributed by atoms with Gasteiger partial charge in [-0.1, -0.05) is 13.0 Å². The second-order valence-corrected chi connectivity index (χ2v) is 3.59. The largest absolute Gasteiger partial charge is 0.468 e. The summed E-state index contributed by atoms with van der Waals surface area (Å²) in [6.07, 6.45) is 3.66. The molecule has 0 saturated carbocycles. The molecule has 1 aliphatic heterocycles. The average molecular weight is 183 g/mol. The van der Waals surface area contributed by atoms with Gasteiger partial charge in [-0.25, -0.2) is 0 Å². The Morgan fingerprint density at radius 2 is 2.46 bits per heavy atom. The number of esters is 1. The second kappa shape index (κ2) is 4.42. The third-order valence-corrected chi connectivity index (χ3v) is 2.62. The molecule has 0 aromatic heterocycles. The van der Waals surface area contributed by atoms with Crippen LogP contribution in [0.5, 0.6) is 0 Å². The Bertz CT molecular complexity index is 203. The predicted molar refractivity (Wildman–Crippen MR) is 51.3 cm³/mol. The Morgan fingerprint density at radius 3 is 3.00 bits per heavy atom. The van der Waals surface area contributed by atoms with Crippen LogP contribution in [0.25, 0.3) is 0 Å². The first-order chi connectivity index (χ1) is 6.19. The number of nitrogens with one attached hydrogen (secondary N) is 1. The lowest BCUT2D eigenvalue weighted by Gasteiger charge is -2.12. The summed E-state index contributed by atoms with van der Waals surface area (Å²) in [5.74, 6) is 0.362. The molecule has 3 nitrogen and oxygen atoms in total. The van der Waals surface area contributed by atoms with E-state index in [4.69, 9.17) is 0 Å². The molecule has 1 unspecified atom stereocenters. The minimum absolute atomic E-state index is 0.120. The summed E-state index contributed by atoms with van der Waals surface area (Å²) in [6, 6.07) is 0.256. The smallest absolute Gasteiger partial charge is 0.322 e. The SMILES string of the molecule is C=CCC1N[C@H](C(=O)OC)C[C@@H]1C. The fourth-order valence-electron chi connectivity index (χ4n) is 1.81. The van der Waals surface area contributed by atoms with Crippen molar-refractivity contribution < 1.29 is 9.53 Å². The van der Waals surface area contributed by atoms with E-state index in [1.807, 2.05) is 6.08 Å². The van der Waals surface area contributed by atoms with Crippen molar-refractivity contribution in [3.05, 3.63) is 12.7 Å². The van der Waals surface area contributed by atoms with E-state index >= 15 is 0 Å². The highest BCUT2D eigenvalue weighted by Crippen LogP contribution is 2.22. The van der Waals surface area contributed by atoms with Crippen molar-refractivity contribution in [1.82, 2.24) is 5.32 Å². The summed E-state index contributed by atoms with van der Waals surface area (Å²) in [5, 5.41) is 3.25. The number of methoxy groups -OCH3 is 1. The molecule has 0 spiro atoms. The summed E-state index contributed by atoms with van der Waals surface area (Å²) < 4.78 is 4.68. The van der Waals surface area contributed by atoms with E-state index in [9.17, 15) is 4.79 Å². The van der Waals surface area contributed by atoms with Gasteiger partial charge in [0.25, 0.3) is 0 Å². The normalized spacial score (nSPS) is 32.9. The second-order valence-electron chi connectivity index (χ2n) is 3.59. The van der Waals surface area contributed by atoms with Crippen LogP contribution in [0.3, 0.4) is 0 Å². The molecule has 0 aromatic rings. The molecule has 0 amide bonds. The molecule has 1 fully saturated rings. The average Bonchev–Trinajstić information content (AvgIpc) is 2.47. The molecule has 1 saturated heterocycles. The van der Waals surface area contributed by atoms with Gasteiger partial charge < -0.3 is 10.1 Å². The highest BCUT2D eigenvalue weighted by Gasteiger charge is 2.34. The lowest BCUT2D eigenvalue weighted by atomic mass is 9.99. The van der Waals surface area contributed by atoms with E-state index in [2.05, 4.69) is 23.6 Å². The molecule has 74 valence electrons. The Labute approximate surface area is 79.2 Å². The van der Waals surface area contributed by atoms with Crippen molar-refractivity contribution in [3.63, 3.8) is 0 Å². The fraction of sp³-hybridized carbons (Fsp3) is 0.700. The van der Waals surface area contributed by atoms with Crippen molar-refractivity contribution in [2.45, 2.75) is 31.8 Å². The molecular weight excluding hydrogens is 166 g/mol. The number of rotatable bonds is 3. The number of hydrogen-bond donors (Lipinski definition) is 1. The zero-order valence-electron chi connectivity index (χ0n) is 8.25. The van der Waals surface area contributed by atoms with Crippen molar-refractivity contribution in [3.8, 4) is 0 Å². The highest BCUT2D eigenvalue weighted by molar-refractivity contribution is 5.76. The molecule has 1 rings (SSSR count). The van der Waals surface area contributed by atoms with E-state index in [0.29, 0.717) is 12.0 Å².